The number of halogens is 2. The van der Waals surface area contributed by atoms with Crippen molar-refractivity contribution in [1.29, 1.82) is 0 Å². The molecule has 0 aliphatic carbocycles. The summed E-state index contributed by atoms with van der Waals surface area (Å²) in [5.74, 6) is 0.268. The van der Waals surface area contributed by atoms with E-state index in [0.717, 1.165) is 36.9 Å². The molecule has 1 saturated heterocycles. The largest absolute Gasteiger partial charge is 0.375 e. The van der Waals surface area contributed by atoms with Gasteiger partial charge < -0.3 is 20.4 Å². The first-order chi connectivity index (χ1) is 12.0. The first kappa shape index (κ1) is 20.7. The molecule has 3 rings (SSSR count). The van der Waals surface area contributed by atoms with Crippen LogP contribution in [-0.4, -0.2) is 56.1 Å². The van der Waals surface area contributed by atoms with Crippen molar-refractivity contribution < 1.29 is 4.39 Å². The highest BCUT2D eigenvalue weighted by atomic mass is 127. The molecule has 0 saturated carbocycles. The van der Waals surface area contributed by atoms with Crippen molar-refractivity contribution in [2.45, 2.75) is 6.54 Å². The van der Waals surface area contributed by atoms with Crippen molar-refractivity contribution >= 4 is 52.1 Å². The lowest BCUT2D eigenvalue weighted by molar-refractivity contribution is 0.380. The Hall–Kier alpha value is -1.62. The van der Waals surface area contributed by atoms with Gasteiger partial charge in [0.1, 0.15) is 5.82 Å². The molecule has 2 aromatic rings. The first-order valence-electron chi connectivity index (χ1n) is 8.19. The zero-order valence-electron chi connectivity index (χ0n) is 14.9. The van der Waals surface area contributed by atoms with Gasteiger partial charge in [0.15, 0.2) is 11.1 Å². The van der Waals surface area contributed by atoms with E-state index in [1.165, 1.54) is 6.07 Å². The Morgan fingerprint density at radius 1 is 1.31 bits per heavy atom. The van der Waals surface area contributed by atoms with Gasteiger partial charge in [0.2, 0.25) is 0 Å². The maximum atomic E-state index is 14.0. The van der Waals surface area contributed by atoms with E-state index in [0.29, 0.717) is 18.2 Å². The number of aliphatic imine (C=N–C) groups is 1. The summed E-state index contributed by atoms with van der Waals surface area (Å²) in [6, 6.07) is 5.17. The van der Waals surface area contributed by atoms with Gasteiger partial charge in [-0.25, -0.2) is 14.4 Å². The molecule has 1 aliphatic heterocycles. The fourth-order valence-electron chi connectivity index (χ4n) is 2.78. The van der Waals surface area contributed by atoms with Crippen molar-refractivity contribution in [1.82, 2.24) is 9.88 Å². The number of aromatic nitrogens is 1. The van der Waals surface area contributed by atoms with Gasteiger partial charge in [-0.15, -0.1) is 35.3 Å². The van der Waals surface area contributed by atoms with E-state index in [-0.39, 0.29) is 29.8 Å². The Morgan fingerprint density at radius 3 is 2.62 bits per heavy atom. The van der Waals surface area contributed by atoms with Crippen molar-refractivity contribution in [2.24, 2.45) is 10.7 Å². The fraction of sp³-hybridized carbons (Fsp3) is 0.412. The molecule has 0 atom stereocenters. The number of guanidine groups is 1. The smallest absolute Gasteiger partial charge is 0.191 e. The molecule has 0 bridgehead atoms. The lowest BCUT2D eigenvalue weighted by atomic mass is 10.2. The molecule has 142 valence electrons. The molecule has 1 aromatic heterocycles. The summed E-state index contributed by atoms with van der Waals surface area (Å²) in [6.07, 6.45) is 1.82. The van der Waals surface area contributed by atoms with E-state index in [2.05, 4.69) is 19.8 Å². The summed E-state index contributed by atoms with van der Waals surface area (Å²) in [7, 11) is 3.64. The molecule has 0 amide bonds. The Balaban J connectivity index is 0.00000243. The van der Waals surface area contributed by atoms with Gasteiger partial charge in [-0.3, -0.25) is 0 Å². The Labute approximate surface area is 174 Å². The molecule has 0 unspecified atom stereocenters. The van der Waals surface area contributed by atoms with Crippen molar-refractivity contribution in [3.63, 3.8) is 0 Å². The van der Waals surface area contributed by atoms with Gasteiger partial charge in [0.25, 0.3) is 0 Å². The van der Waals surface area contributed by atoms with Crippen molar-refractivity contribution in [3.8, 4) is 0 Å². The summed E-state index contributed by atoms with van der Waals surface area (Å²) in [5, 5.41) is 3.03. The third-order valence-corrected chi connectivity index (χ3v) is 5.04. The van der Waals surface area contributed by atoms with Gasteiger partial charge in [-0.1, -0.05) is 6.07 Å². The third-order valence-electron chi connectivity index (χ3n) is 4.21. The third kappa shape index (κ3) is 4.97. The molecule has 0 spiro atoms. The summed E-state index contributed by atoms with van der Waals surface area (Å²) in [4.78, 5) is 14.8. The highest BCUT2D eigenvalue weighted by Crippen LogP contribution is 2.20. The van der Waals surface area contributed by atoms with E-state index in [1.807, 2.05) is 31.7 Å². The first-order valence-corrected chi connectivity index (χ1v) is 9.07. The number of nitrogens with zero attached hydrogens (tertiary/aromatic N) is 5. The van der Waals surface area contributed by atoms with E-state index in [4.69, 9.17) is 5.73 Å². The van der Waals surface area contributed by atoms with Crippen LogP contribution in [0.4, 0.5) is 15.2 Å². The summed E-state index contributed by atoms with van der Waals surface area (Å²) >= 11 is 1.65. The number of nitrogens with two attached hydrogens (primary N) is 1. The van der Waals surface area contributed by atoms with E-state index in [9.17, 15) is 4.39 Å². The monoisotopic (exact) mass is 490 g/mol. The van der Waals surface area contributed by atoms with Gasteiger partial charge in [0, 0.05) is 51.9 Å². The van der Waals surface area contributed by atoms with Gasteiger partial charge in [0.05, 0.1) is 12.2 Å². The van der Waals surface area contributed by atoms with Crippen LogP contribution in [0, 0.1) is 5.82 Å². The number of benzene rings is 1. The van der Waals surface area contributed by atoms with Crippen LogP contribution in [0.2, 0.25) is 0 Å². The van der Waals surface area contributed by atoms with Gasteiger partial charge >= 0.3 is 0 Å². The zero-order chi connectivity index (χ0) is 17.8. The normalized spacial score (nSPS) is 15.0. The quantitative estimate of drug-likeness (QED) is 0.406. The number of hydrogen-bond acceptors (Lipinski definition) is 5. The van der Waals surface area contributed by atoms with E-state index >= 15 is 0 Å². The van der Waals surface area contributed by atoms with Crippen molar-refractivity contribution in [3.05, 3.63) is 41.2 Å². The molecule has 1 aliphatic rings. The molecular formula is C17H24FIN6S. The maximum absolute atomic E-state index is 14.0. The molecule has 2 heterocycles. The Bertz CT molecular complexity index is 729. The van der Waals surface area contributed by atoms with Crippen LogP contribution in [0.5, 0.6) is 0 Å². The minimum absolute atomic E-state index is 0. The second-order valence-corrected chi connectivity index (χ2v) is 7.02. The minimum atomic E-state index is -0.242. The van der Waals surface area contributed by atoms with Crippen LogP contribution in [0.15, 0.2) is 34.8 Å². The zero-order valence-corrected chi connectivity index (χ0v) is 18.1. The number of rotatable bonds is 4. The standard InChI is InChI=1S/C17H23FN6S.HI/c1-22(2)15-4-3-13(11-14(15)18)12-21-16(19)23-6-8-24(9-7-23)17-20-5-10-25-17;/h3-5,10-11H,6-9,12H2,1-2H3,(H2,19,21);1H. The molecule has 9 heteroatoms. The van der Waals surface area contributed by atoms with Gasteiger partial charge in [-0.05, 0) is 17.7 Å². The molecule has 26 heavy (non-hydrogen) atoms. The van der Waals surface area contributed by atoms with E-state index in [1.54, 1.807) is 22.3 Å². The van der Waals surface area contributed by atoms with Crippen LogP contribution < -0.4 is 15.5 Å². The molecule has 1 fully saturated rings. The fourth-order valence-corrected chi connectivity index (χ4v) is 3.48. The van der Waals surface area contributed by atoms with Crippen molar-refractivity contribution in [2.75, 3.05) is 50.1 Å². The van der Waals surface area contributed by atoms with Crippen LogP contribution in [0.3, 0.4) is 0 Å². The molecule has 1 aromatic carbocycles. The molecule has 6 nitrogen and oxygen atoms in total. The highest BCUT2D eigenvalue weighted by Gasteiger charge is 2.19. The predicted octanol–water partition coefficient (Wildman–Crippen LogP) is 2.60. The SMILES string of the molecule is CN(C)c1ccc(CN=C(N)N2CCN(c3nccs3)CC2)cc1F.I. The van der Waals surface area contributed by atoms with E-state index < -0.39 is 0 Å². The molecule has 0 radical (unpaired) electrons. The summed E-state index contributed by atoms with van der Waals surface area (Å²) in [5.41, 5.74) is 7.50. The number of thiazole rings is 1. The molecule has 2 N–H and O–H groups in total. The topological polar surface area (TPSA) is 61.0 Å². The Kier molecular flexibility index (Phi) is 7.44. The van der Waals surface area contributed by atoms with Crippen LogP contribution >= 0.6 is 35.3 Å². The lowest BCUT2D eigenvalue weighted by Gasteiger charge is -2.35. The summed E-state index contributed by atoms with van der Waals surface area (Å²) in [6.45, 7) is 3.74. The lowest BCUT2D eigenvalue weighted by Crippen LogP contribution is -2.51. The highest BCUT2D eigenvalue weighted by molar-refractivity contribution is 14.0. The second kappa shape index (κ2) is 9.36. The van der Waals surface area contributed by atoms with Gasteiger partial charge in [-0.2, -0.15) is 0 Å². The van der Waals surface area contributed by atoms with Crippen LogP contribution in [-0.2, 0) is 6.54 Å². The maximum Gasteiger partial charge on any atom is 0.191 e. The second-order valence-electron chi connectivity index (χ2n) is 6.14. The number of anilines is 2. The average Bonchev–Trinajstić information content (AvgIpc) is 3.14. The Morgan fingerprint density at radius 2 is 2.04 bits per heavy atom. The average molecular weight is 490 g/mol. The van der Waals surface area contributed by atoms with Crippen LogP contribution in [0.1, 0.15) is 5.56 Å². The number of piperazine rings is 1. The summed E-state index contributed by atoms with van der Waals surface area (Å²) < 4.78 is 14.0. The molecular weight excluding hydrogens is 466 g/mol. The van der Waals surface area contributed by atoms with Crippen LogP contribution in [0.25, 0.3) is 0 Å². The predicted molar refractivity (Wildman–Crippen MR) is 117 cm³/mol. The minimum Gasteiger partial charge on any atom is -0.375 e. The number of hydrogen-bond donors (Lipinski definition) is 1.